The number of benzene rings is 2. The third-order valence-electron chi connectivity index (χ3n) is 5.74. The van der Waals surface area contributed by atoms with E-state index in [-0.39, 0.29) is 11.9 Å². The molecule has 3 aromatic rings. The number of hydrogen-bond acceptors (Lipinski definition) is 3. The fourth-order valence-corrected chi connectivity index (χ4v) is 4.21. The standard InChI is InChI=1S/C23H24F3N3O2/c1-15(31-19-6-4-3-5-7-19)22(30)28-12-10-18(11-13-28)29-16(2)27-20-14-17(23(24,25)26)8-9-21(20)29/h3-9,14-15,18H,10-13H2,1-2H3. The maximum atomic E-state index is 13.0. The van der Waals surface area contributed by atoms with Crippen LogP contribution in [0.2, 0.25) is 0 Å². The number of likely N-dealkylation sites (tertiary alicyclic amines) is 1. The van der Waals surface area contributed by atoms with Crippen molar-refractivity contribution in [1.82, 2.24) is 14.5 Å². The second-order valence-electron chi connectivity index (χ2n) is 7.86. The van der Waals surface area contributed by atoms with Crippen molar-refractivity contribution < 1.29 is 22.7 Å². The van der Waals surface area contributed by atoms with Crippen molar-refractivity contribution in [3.63, 3.8) is 0 Å². The number of carbonyl (C=O) groups is 1. The van der Waals surface area contributed by atoms with Gasteiger partial charge in [-0.1, -0.05) is 18.2 Å². The summed E-state index contributed by atoms with van der Waals surface area (Å²) in [5.74, 6) is 1.26. The number of piperidine rings is 1. The van der Waals surface area contributed by atoms with Gasteiger partial charge < -0.3 is 14.2 Å². The SMILES string of the molecule is Cc1nc2cc(C(F)(F)F)ccc2n1C1CCN(C(=O)C(C)Oc2ccccc2)CC1. The number of carbonyl (C=O) groups excluding carboxylic acids is 1. The summed E-state index contributed by atoms with van der Waals surface area (Å²) in [6.07, 6.45) is -3.57. The van der Waals surface area contributed by atoms with Crippen molar-refractivity contribution in [2.24, 2.45) is 0 Å². The van der Waals surface area contributed by atoms with E-state index >= 15 is 0 Å². The lowest BCUT2D eigenvalue weighted by Gasteiger charge is -2.34. The van der Waals surface area contributed by atoms with E-state index in [1.165, 1.54) is 6.07 Å². The van der Waals surface area contributed by atoms with Crippen molar-refractivity contribution in [3.05, 3.63) is 59.9 Å². The molecule has 5 nitrogen and oxygen atoms in total. The van der Waals surface area contributed by atoms with E-state index in [9.17, 15) is 18.0 Å². The van der Waals surface area contributed by atoms with Gasteiger partial charge in [0.2, 0.25) is 0 Å². The van der Waals surface area contributed by atoms with Crippen molar-refractivity contribution >= 4 is 16.9 Å². The number of imidazole rings is 1. The van der Waals surface area contributed by atoms with Crippen LogP contribution >= 0.6 is 0 Å². The summed E-state index contributed by atoms with van der Waals surface area (Å²) in [6.45, 7) is 4.67. The Labute approximate surface area is 178 Å². The summed E-state index contributed by atoms with van der Waals surface area (Å²) < 4.78 is 46.8. The molecule has 0 bridgehead atoms. The number of aromatic nitrogens is 2. The van der Waals surface area contributed by atoms with Crippen LogP contribution in [-0.2, 0) is 11.0 Å². The number of nitrogens with zero attached hydrogens (tertiary/aromatic N) is 3. The van der Waals surface area contributed by atoms with Crippen molar-refractivity contribution in [2.45, 2.75) is 45.0 Å². The molecule has 0 saturated carbocycles. The Morgan fingerprint density at radius 2 is 1.81 bits per heavy atom. The average Bonchev–Trinajstić information content (AvgIpc) is 3.08. The summed E-state index contributed by atoms with van der Waals surface area (Å²) in [5, 5.41) is 0. The number of alkyl halides is 3. The van der Waals surface area contributed by atoms with Gasteiger partial charge in [0.1, 0.15) is 11.6 Å². The first kappa shape index (κ1) is 21.2. The Kier molecular flexibility index (Phi) is 5.64. The van der Waals surface area contributed by atoms with E-state index in [0.717, 1.165) is 12.1 Å². The van der Waals surface area contributed by atoms with Gasteiger partial charge in [-0.2, -0.15) is 13.2 Å². The molecule has 1 saturated heterocycles. The number of aryl methyl sites for hydroxylation is 1. The molecule has 1 fully saturated rings. The van der Waals surface area contributed by atoms with Crippen LogP contribution in [0.15, 0.2) is 48.5 Å². The van der Waals surface area contributed by atoms with E-state index in [1.807, 2.05) is 34.9 Å². The fourth-order valence-electron chi connectivity index (χ4n) is 4.21. The lowest BCUT2D eigenvalue weighted by molar-refractivity contribution is -0.139. The molecule has 1 atom stereocenters. The van der Waals surface area contributed by atoms with Crippen LogP contribution in [-0.4, -0.2) is 39.6 Å². The average molecular weight is 431 g/mol. The highest BCUT2D eigenvalue weighted by molar-refractivity contribution is 5.81. The first-order chi connectivity index (χ1) is 14.7. The van der Waals surface area contributed by atoms with Gasteiger partial charge in [-0.3, -0.25) is 4.79 Å². The third-order valence-corrected chi connectivity index (χ3v) is 5.74. The fraction of sp³-hybridized carbons (Fsp3) is 0.391. The highest BCUT2D eigenvalue weighted by Gasteiger charge is 2.32. The molecular formula is C23H24F3N3O2. The van der Waals surface area contributed by atoms with Crippen LogP contribution in [0.3, 0.4) is 0 Å². The summed E-state index contributed by atoms with van der Waals surface area (Å²) in [7, 11) is 0. The molecule has 1 amide bonds. The molecule has 8 heteroatoms. The Morgan fingerprint density at radius 3 is 2.45 bits per heavy atom. The van der Waals surface area contributed by atoms with E-state index < -0.39 is 17.8 Å². The van der Waals surface area contributed by atoms with E-state index in [0.29, 0.717) is 48.5 Å². The molecule has 31 heavy (non-hydrogen) atoms. The first-order valence-corrected chi connectivity index (χ1v) is 10.3. The van der Waals surface area contributed by atoms with Gasteiger partial charge in [0.15, 0.2) is 6.10 Å². The molecule has 1 aliphatic rings. The smallest absolute Gasteiger partial charge is 0.416 e. The van der Waals surface area contributed by atoms with Gasteiger partial charge >= 0.3 is 6.18 Å². The van der Waals surface area contributed by atoms with Crippen LogP contribution in [0.1, 0.15) is 37.2 Å². The van der Waals surface area contributed by atoms with E-state index in [1.54, 1.807) is 18.7 Å². The Morgan fingerprint density at radius 1 is 1.13 bits per heavy atom. The second-order valence-corrected chi connectivity index (χ2v) is 7.86. The lowest BCUT2D eigenvalue weighted by Crippen LogP contribution is -2.45. The molecule has 2 heterocycles. The maximum absolute atomic E-state index is 13.0. The van der Waals surface area contributed by atoms with Gasteiger partial charge in [-0.05, 0) is 57.0 Å². The van der Waals surface area contributed by atoms with Crippen molar-refractivity contribution in [3.8, 4) is 5.75 Å². The molecule has 1 aromatic heterocycles. The zero-order chi connectivity index (χ0) is 22.2. The molecule has 164 valence electrons. The number of fused-ring (bicyclic) bond motifs is 1. The normalized spacial score (nSPS) is 16.5. The minimum atomic E-state index is -4.39. The zero-order valence-corrected chi connectivity index (χ0v) is 17.4. The summed E-state index contributed by atoms with van der Waals surface area (Å²) >= 11 is 0. The van der Waals surface area contributed by atoms with E-state index in [4.69, 9.17) is 4.74 Å². The Balaban J connectivity index is 1.44. The number of rotatable bonds is 4. The van der Waals surface area contributed by atoms with Crippen molar-refractivity contribution in [2.75, 3.05) is 13.1 Å². The van der Waals surface area contributed by atoms with Crippen LogP contribution in [0, 0.1) is 6.92 Å². The van der Waals surface area contributed by atoms with Gasteiger partial charge in [0.05, 0.1) is 16.6 Å². The monoisotopic (exact) mass is 431 g/mol. The quantitative estimate of drug-likeness (QED) is 0.585. The summed E-state index contributed by atoms with van der Waals surface area (Å²) in [6, 6.07) is 13.0. The Bertz CT molecular complexity index is 1070. The van der Waals surface area contributed by atoms with Crippen LogP contribution in [0.5, 0.6) is 5.75 Å². The van der Waals surface area contributed by atoms with Crippen LogP contribution < -0.4 is 4.74 Å². The largest absolute Gasteiger partial charge is 0.481 e. The molecule has 4 rings (SSSR count). The number of halogens is 3. The number of ether oxygens (including phenoxy) is 1. The first-order valence-electron chi connectivity index (χ1n) is 10.3. The van der Waals surface area contributed by atoms with Gasteiger partial charge in [0, 0.05) is 19.1 Å². The second kappa shape index (κ2) is 8.24. The minimum absolute atomic E-state index is 0.0654. The number of hydrogen-bond donors (Lipinski definition) is 0. The molecular weight excluding hydrogens is 407 g/mol. The predicted octanol–water partition coefficient (Wildman–Crippen LogP) is 4.99. The topological polar surface area (TPSA) is 47.4 Å². The van der Waals surface area contributed by atoms with Crippen LogP contribution in [0.25, 0.3) is 11.0 Å². The maximum Gasteiger partial charge on any atom is 0.416 e. The Hall–Kier alpha value is -3.03. The van der Waals surface area contributed by atoms with E-state index in [2.05, 4.69) is 4.98 Å². The molecule has 0 aliphatic carbocycles. The molecule has 0 spiro atoms. The lowest BCUT2D eigenvalue weighted by atomic mass is 10.0. The molecule has 0 N–H and O–H groups in total. The third kappa shape index (κ3) is 4.38. The molecule has 2 aromatic carbocycles. The minimum Gasteiger partial charge on any atom is -0.481 e. The predicted molar refractivity (Wildman–Crippen MR) is 111 cm³/mol. The number of amides is 1. The van der Waals surface area contributed by atoms with Gasteiger partial charge in [-0.25, -0.2) is 4.98 Å². The highest BCUT2D eigenvalue weighted by atomic mass is 19.4. The molecule has 1 aliphatic heterocycles. The molecule has 1 unspecified atom stereocenters. The van der Waals surface area contributed by atoms with Gasteiger partial charge in [-0.15, -0.1) is 0 Å². The van der Waals surface area contributed by atoms with Crippen molar-refractivity contribution in [1.29, 1.82) is 0 Å². The summed E-state index contributed by atoms with van der Waals surface area (Å²) in [4.78, 5) is 18.9. The van der Waals surface area contributed by atoms with Crippen LogP contribution in [0.4, 0.5) is 13.2 Å². The number of para-hydroxylation sites is 1. The zero-order valence-electron chi connectivity index (χ0n) is 17.4. The highest BCUT2D eigenvalue weighted by Crippen LogP contribution is 2.34. The van der Waals surface area contributed by atoms with Gasteiger partial charge in [0.25, 0.3) is 5.91 Å². The molecule has 0 radical (unpaired) electrons. The summed E-state index contributed by atoms with van der Waals surface area (Å²) in [5.41, 5.74) is 0.337.